The quantitative estimate of drug-likeness (QED) is 0.518. The van der Waals surface area contributed by atoms with Crippen LogP contribution in [0.2, 0.25) is 5.02 Å². The van der Waals surface area contributed by atoms with Crippen LogP contribution in [0.5, 0.6) is 0 Å². The minimum Gasteiger partial charge on any atom is -0.394 e. The maximum absolute atomic E-state index is 5.95. The zero-order valence-electron chi connectivity index (χ0n) is 10.6. The SMILES string of the molecule is CC(=NOCCN)c1cnn(-c2cccc(Cl)c2)c1. The van der Waals surface area contributed by atoms with Crippen molar-refractivity contribution in [2.24, 2.45) is 10.9 Å². The number of aromatic nitrogens is 2. The Labute approximate surface area is 116 Å². The van der Waals surface area contributed by atoms with Crippen LogP contribution in [0.25, 0.3) is 5.69 Å². The lowest BCUT2D eigenvalue weighted by molar-refractivity contribution is 0.152. The van der Waals surface area contributed by atoms with Gasteiger partial charge in [-0.1, -0.05) is 22.8 Å². The molecule has 0 fully saturated rings. The van der Waals surface area contributed by atoms with Gasteiger partial charge in [0, 0.05) is 23.3 Å². The first kappa shape index (κ1) is 13.6. The van der Waals surface area contributed by atoms with E-state index in [0.29, 0.717) is 18.2 Å². The molecular formula is C13H15ClN4O. The average molecular weight is 279 g/mol. The van der Waals surface area contributed by atoms with Crippen molar-refractivity contribution in [1.82, 2.24) is 9.78 Å². The van der Waals surface area contributed by atoms with Gasteiger partial charge in [-0.25, -0.2) is 4.68 Å². The van der Waals surface area contributed by atoms with Crippen molar-refractivity contribution in [2.45, 2.75) is 6.92 Å². The maximum atomic E-state index is 5.95. The number of benzene rings is 1. The third-order valence-electron chi connectivity index (χ3n) is 2.48. The van der Waals surface area contributed by atoms with E-state index in [2.05, 4.69) is 10.3 Å². The fourth-order valence-electron chi connectivity index (χ4n) is 1.52. The molecule has 0 aliphatic carbocycles. The van der Waals surface area contributed by atoms with Gasteiger partial charge in [-0.15, -0.1) is 0 Å². The van der Waals surface area contributed by atoms with Gasteiger partial charge in [0.05, 0.1) is 17.6 Å². The summed E-state index contributed by atoms with van der Waals surface area (Å²) in [5.74, 6) is 0. The van der Waals surface area contributed by atoms with Crippen molar-refractivity contribution in [3.05, 3.63) is 47.2 Å². The molecule has 0 unspecified atom stereocenters. The first-order chi connectivity index (χ1) is 9.20. The molecule has 2 N–H and O–H groups in total. The summed E-state index contributed by atoms with van der Waals surface area (Å²) in [6.07, 6.45) is 3.60. The minimum atomic E-state index is 0.403. The largest absolute Gasteiger partial charge is 0.394 e. The second-order valence-electron chi connectivity index (χ2n) is 3.95. The monoisotopic (exact) mass is 278 g/mol. The van der Waals surface area contributed by atoms with Crippen molar-refractivity contribution in [3.63, 3.8) is 0 Å². The van der Waals surface area contributed by atoms with Crippen LogP contribution < -0.4 is 5.73 Å². The summed E-state index contributed by atoms with van der Waals surface area (Å²) in [4.78, 5) is 5.04. The second kappa shape index (κ2) is 6.36. The average Bonchev–Trinajstić information content (AvgIpc) is 2.88. The van der Waals surface area contributed by atoms with Crippen molar-refractivity contribution in [1.29, 1.82) is 0 Å². The van der Waals surface area contributed by atoms with E-state index < -0.39 is 0 Å². The Bertz CT molecular complexity index is 580. The summed E-state index contributed by atoms with van der Waals surface area (Å²) in [6, 6.07) is 7.48. The summed E-state index contributed by atoms with van der Waals surface area (Å²) in [5.41, 5.74) is 7.86. The lowest BCUT2D eigenvalue weighted by Gasteiger charge is -2.01. The smallest absolute Gasteiger partial charge is 0.129 e. The molecule has 2 rings (SSSR count). The number of nitrogens with two attached hydrogens (primary N) is 1. The van der Waals surface area contributed by atoms with Crippen molar-refractivity contribution < 1.29 is 4.84 Å². The highest BCUT2D eigenvalue weighted by atomic mass is 35.5. The predicted molar refractivity (Wildman–Crippen MR) is 75.8 cm³/mol. The van der Waals surface area contributed by atoms with Crippen molar-refractivity contribution >= 4 is 17.3 Å². The lowest BCUT2D eigenvalue weighted by Crippen LogP contribution is -2.06. The van der Waals surface area contributed by atoms with Crippen LogP contribution in [0.3, 0.4) is 0 Å². The van der Waals surface area contributed by atoms with Crippen molar-refractivity contribution in [3.8, 4) is 5.69 Å². The van der Waals surface area contributed by atoms with Crippen LogP contribution in [0.1, 0.15) is 12.5 Å². The number of nitrogens with zero attached hydrogens (tertiary/aromatic N) is 3. The Morgan fingerprint density at radius 3 is 3.11 bits per heavy atom. The number of hydrogen-bond donors (Lipinski definition) is 1. The molecule has 0 aliphatic rings. The Balaban J connectivity index is 2.17. The number of hydrogen-bond acceptors (Lipinski definition) is 4. The van der Waals surface area contributed by atoms with Crippen LogP contribution in [0, 0.1) is 0 Å². The predicted octanol–water partition coefficient (Wildman–Crippen LogP) is 2.22. The van der Waals surface area contributed by atoms with Gasteiger partial charge < -0.3 is 10.6 Å². The number of halogens is 1. The molecule has 6 heteroatoms. The van der Waals surface area contributed by atoms with Gasteiger partial charge in [0.25, 0.3) is 0 Å². The first-order valence-electron chi connectivity index (χ1n) is 5.88. The van der Waals surface area contributed by atoms with E-state index in [9.17, 15) is 0 Å². The molecule has 0 atom stereocenters. The molecule has 19 heavy (non-hydrogen) atoms. The summed E-state index contributed by atoms with van der Waals surface area (Å²) < 4.78 is 1.74. The fraction of sp³-hybridized carbons (Fsp3) is 0.231. The highest BCUT2D eigenvalue weighted by Gasteiger charge is 2.04. The third-order valence-corrected chi connectivity index (χ3v) is 2.72. The minimum absolute atomic E-state index is 0.403. The van der Waals surface area contributed by atoms with Gasteiger partial charge in [0.15, 0.2) is 0 Å². The number of oxime groups is 1. The molecule has 0 bridgehead atoms. The molecule has 1 aromatic heterocycles. The van der Waals surface area contributed by atoms with Crippen LogP contribution in [-0.4, -0.2) is 28.6 Å². The summed E-state index contributed by atoms with van der Waals surface area (Å²) >= 11 is 5.95. The molecule has 5 nitrogen and oxygen atoms in total. The van der Waals surface area contributed by atoms with E-state index in [1.807, 2.05) is 37.4 Å². The zero-order chi connectivity index (χ0) is 13.7. The van der Waals surface area contributed by atoms with Crippen LogP contribution in [-0.2, 0) is 4.84 Å². The molecule has 2 aromatic rings. The zero-order valence-corrected chi connectivity index (χ0v) is 11.3. The highest BCUT2D eigenvalue weighted by Crippen LogP contribution is 2.14. The molecule has 0 saturated carbocycles. The van der Waals surface area contributed by atoms with E-state index in [0.717, 1.165) is 17.0 Å². The molecule has 0 saturated heterocycles. The van der Waals surface area contributed by atoms with Gasteiger partial charge in [-0.3, -0.25) is 0 Å². The molecule has 1 aromatic carbocycles. The Kier molecular flexibility index (Phi) is 4.54. The van der Waals surface area contributed by atoms with Gasteiger partial charge in [0.1, 0.15) is 6.61 Å². The third kappa shape index (κ3) is 3.56. The molecule has 100 valence electrons. The van der Waals surface area contributed by atoms with Gasteiger partial charge in [0.2, 0.25) is 0 Å². The highest BCUT2D eigenvalue weighted by molar-refractivity contribution is 6.30. The van der Waals surface area contributed by atoms with Crippen LogP contribution in [0.15, 0.2) is 41.8 Å². The van der Waals surface area contributed by atoms with Gasteiger partial charge in [-0.05, 0) is 25.1 Å². The lowest BCUT2D eigenvalue weighted by atomic mass is 10.2. The molecule has 1 heterocycles. The molecular weight excluding hydrogens is 264 g/mol. The summed E-state index contributed by atoms with van der Waals surface area (Å²) in [7, 11) is 0. The Morgan fingerprint density at radius 2 is 2.37 bits per heavy atom. The summed E-state index contributed by atoms with van der Waals surface area (Å²) in [6.45, 7) is 2.70. The van der Waals surface area contributed by atoms with E-state index in [1.54, 1.807) is 10.9 Å². The fourth-order valence-corrected chi connectivity index (χ4v) is 1.70. The normalized spacial score (nSPS) is 11.6. The topological polar surface area (TPSA) is 65.4 Å². The second-order valence-corrected chi connectivity index (χ2v) is 4.39. The van der Waals surface area contributed by atoms with Gasteiger partial charge in [-0.2, -0.15) is 5.10 Å². The Morgan fingerprint density at radius 1 is 1.53 bits per heavy atom. The standard InChI is InChI=1S/C13H15ClN4O/c1-10(17-19-6-5-15)11-8-16-18(9-11)13-4-2-3-12(14)7-13/h2-4,7-9H,5-6,15H2,1H3. The molecule has 0 radical (unpaired) electrons. The van der Waals surface area contributed by atoms with E-state index in [1.165, 1.54) is 0 Å². The first-order valence-corrected chi connectivity index (χ1v) is 6.26. The van der Waals surface area contributed by atoms with Crippen LogP contribution >= 0.6 is 11.6 Å². The maximum Gasteiger partial charge on any atom is 0.129 e. The molecule has 0 aliphatic heterocycles. The van der Waals surface area contributed by atoms with E-state index >= 15 is 0 Å². The summed E-state index contributed by atoms with van der Waals surface area (Å²) in [5, 5.41) is 8.91. The molecule has 0 spiro atoms. The Hall–Kier alpha value is -1.85. The van der Waals surface area contributed by atoms with Crippen LogP contribution in [0.4, 0.5) is 0 Å². The van der Waals surface area contributed by atoms with Gasteiger partial charge >= 0.3 is 0 Å². The number of rotatable bonds is 5. The van der Waals surface area contributed by atoms with E-state index in [-0.39, 0.29) is 0 Å². The molecule has 0 amide bonds. The van der Waals surface area contributed by atoms with Crippen molar-refractivity contribution in [2.75, 3.05) is 13.2 Å². The van der Waals surface area contributed by atoms with E-state index in [4.69, 9.17) is 22.2 Å².